The number of hydrogen-bond donors (Lipinski definition) is 0. The average Bonchev–Trinajstić information content (AvgIpc) is 3.12. The summed E-state index contributed by atoms with van der Waals surface area (Å²) in [5.74, 6) is 0.252. The Morgan fingerprint density at radius 2 is 1.76 bits per heavy atom. The van der Waals surface area contributed by atoms with Crippen molar-refractivity contribution < 1.29 is 17.9 Å². The maximum absolute atomic E-state index is 13.0. The first-order chi connectivity index (χ1) is 11.9. The summed E-state index contributed by atoms with van der Waals surface area (Å²) in [6, 6.07) is 6.42. The highest BCUT2D eigenvalue weighted by Crippen LogP contribution is 2.28. The van der Waals surface area contributed by atoms with Crippen LogP contribution in [0.25, 0.3) is 0 Å². The van der Waals surface area contributed by atoms with Gasteiger partial charge in [-0.2, -0.15) is 4.31 Å². The molecule has 7 heteroatoms. The summed E-state index contributed by atoms with van der Waals surface area (Å²) in [7, 11) is -3.66. The number of amides is 1. The van der Waals surface area contributed by atoms with Crippen LogP contribution in [0.4, 0.5) is 0 Å². The predicted octanol–water partition coefficient (Wildman–Crippen LogP) is 1.82. The molecular formula is C18H26N2O4S. The van der Waals surface area contributed by atoms with Crippen molar-refractivity contribution in [2.75, 3.05) is 32.8 Å². The topological polar surface area (TPSA) is 66.9 Å². The molecule has 1 aromatic rings. The van der Waals surface area contributed by atoms with E-state index >= 15 is 0 Å². The quantitative estimate of drug-likeness (QED) is 0.815. The van der Waals surface area contributed by atoms with Crippen LogP contribution in [-0.2, 0) is 19.6 Å². The van der Waals surface area contributed by atoms with E-state index in [0.717, 1.165) is 5.56 Å². The first-order valence-electron chi connectivity index (χ1n) is 8.89. The zero-order valence-corrected chi connectivity index (χ0v) is 15.7. The van der Waals surface area contributed by atoms with Crippen molar-refractivity contribution in [1.82, 2.24) is 9.21 Å². The summed E-state index contributed by atoms with van der Waals surface area (Å²) < 4.78 is 32.8. The zero-order valence-electron chi connectivity index (χ0n) is 14.8. The van der Waals surface area contributed by atoms with E-state index in [2.05, 4.69) is 13.8 Å². The number of rotatable bonds is 4. The minimum Gasteiger partial charge on any atom is -0.378 e. The van der Waals surface area contributed by atoms with Crippen LogP contribution in [0.2, 0.25) is 0 Å². The normalized spacial score (nSPS) is 22.5. The third kappa shape index (κ3) is 3.73. The highest BCUT2D eigenvalue weighted by molar-refractivity contribution is 7.89. The maximum atomic E-state index is 13.0. The Morgan fingerprint density at radius 1 is 1.12 bits per heavy atom. The van der Waals surface area contributed by atoms with Crippen LogP contribution < -0.4 is 0 Å². The first kappa shape index (κ1) is 18.4. The van der Waals surface area contributed by atoms with Crippen molar-refractivity contribution in [2.45, 2.75) is 43.5 Å². The van der Waals surface area contributed by atoms with Gasteiger partial charge in [-0.25, -0.2) is 8.42 Å². The third-order valence-electron chi connectivity index (χ3n) is 4.96. The smallest absolute Gasteiger partial charge is 0.243 e. The van der Waals surface area contributed by atoms with E-state index in [0.29, 0.717) is 51.6 Å². The lowest BCUT2D eigenvalue weighted by atomic mass is 10.0. The standard InChI is InChI=1S/C18H26N2O4S/c1-14(2)15-5-7-16(8-6-15)25(22,23)20-9-3-4-17(20)18(21)19-10-12-24-13-11-19/h5-8,14,17H,3-4,9-13H2,1-2H3/t17-/m0/s1. The van der Waals surface area contributed by atoms with E-state index < -0.39 is 16.1 Å². The maximum Gasteiger partial charge on any atom is 0.243 e. The Bertz CT molecular complexity index is 709. The molecule has 0 unspecified atom stereocenters. The van der Waals surface area contributed by atoms with Gasteiger partial charge in [0.05, 0.1) is 18.1 Å². The summed E-state index contributed by atoms with van der Waals surface area (Å²) in [6.07, 6.45) is 1.30. The average molecular weight is 366 g/mol. The number of ether oxygens (including phenoxy) is 1. The number of carbonyl (C=O) groups is 1. The number of sulfonamides is 1. The van der Waals surface area contributed by atoms with Gasteiger partial charge in [-0.15, -0.1) is 0 Å². The van der Waals surface area contributed by atoms with Crippen LogP contribution in [0.1, 0.15) is 38.2 Å². The molecule has 0 bridgehead atoms. The Hall–Kier alpha value is -1.44. The molecule has 138 valence electrons. The Balaban J connectivity index is 1.81. The second kappa shape index (κ2) is 7.43. The van der Waals surface area contributed by atoms with E-state index in [-0.39, 0.29) is 10.8 Å². The van der Waals surface area contributed by atoms with Crippen LogP contribution >= 0.6 is 0 Å². The predicted molar refractivity (Wildman–Crippen MR) is 94.8 cm³/mol. The molecule has 1 aromatic carbocycles. The van der Waals surface area contributed by atoms with Crippen LogP contribution in [0.3, 0.4) is 0 Å². The van der Waals surface area contributed by atoms with Crippen molar-refractivity contribution in [2.24, 2.45) is 0 Å². The fourth-order valence-electron chi connectivity index (χ4n) is 3.43. The molecule has 2 saturated heterocycles. The summed E-state index contributed by atoms with van der Waals surface area (Å²) in [6.45, 7) is 6.64. The largest absolute Gasteiger partial charge is 0.378 e. The number of benzene rings is 1. The number of hydrogen-bond acceptors (Lipinski definition) is 4. The summed E-state index contributed by atoms with van der Waals surface area (Å²) in [4.78, 5) is 14.8. The molecule has 1 amide bonds. The number of nitrogens with zero attached hydrogens (tertiary/aromatic N) is 2. The lowest BCUT2D eigenvalue weighted by Crippen LogP contribution is -2.50. The Kier molecular flexibility index (Phi) is 5.46. The molecule has 0 radical (unpaired) electrons. The molecule has 0 N–H and O–H groups in total. The molecular weight excluding hydrogens is 340 g/mol. The van der Waals surface area contributed by atoms with Gasteiger partial charge in [-0.05, 0) is 36.5 Å². The van der Waals surface area contributed by atoms with Gasteiger partial charge in [0.15, 0.2) is 0 Å². The SMILES string of the molecule is CC(C)c1ccc(S(=O)(=O)N2CCC[C@H]2C(=O)N2CCOCC2)cc1. The van der Waals surface area contributed by atoms with Gasteiger partial charge >= 0.3 is 0 Å². The molecule has 3 rings (SSSR count). The first-order valence-corrected chi connectivity index (χ1v) is 10.3. The molecule has 0 aromatic heterocycles. The molecule has 25 heavy (non-hydrogen) atoms. The second-order valence-electron chi connectivity index (χ2n) is 6.94. The second-order valence-corrected chi connectivity index (χ2v) is 8.83. The lowest BCUT2D eigenvalue weighted by Gasteiger charge is -2.32. The summed E-state index contributed by atoms with van der Waals surface area (Å²) in [5, 5.41) is 0. The van der Waals surface area contributed by atoms with Crippen LogP contribution in [0.15, 0.2) is 29.2 Å². The third-order valence-corrected chi connectivity index (χ3v) is 6.89. The van der Waals surface area contributed by atoms with E-state index in [1.54, 1.807) is 17.0 Å². The minimum absolute atomic E-state index is 0.0943. The van der Waals surface area contributed by atoms with Crippen LogP contribution in [-0.4, -0.2) is 62.4 Å². The monoisotopic (exact) mass is 366 g/mol. The molecule has 6 nitrogen and oxygen atoms in total. The Morgan fingerprint density at radius 3 is 2.36 bits per heavy atom. The highest BCUT2D eigenvalue weighted by atomic mass is 32.2. The molecule has 0 spiro atoms. The molecule has 2 aliphatic heterocycles. The van der Waals surface area contributed by atoms with Crippen molar-refractivity contribution in [3.05, 3.63) is 29.8 Å². The molecule has 1 atom stereocenters. The van der Waals surface area contributed by atoms with Crippen LogP contribution in [0, 0.1) is 0 Å². The van der Waals surface area contributed by atoms with Gasteiger partial charge in [-0.1, -0.05) is 26.0 Å². The van der Waals surface area contributed by atoms with E-state index in [1.807, 2.05) is 12.1 Å². The van der Waals surface area contributed by atoms with Crippen molar-refractivity contribution in [1.29, 1.82) is 0 Å². The van der Waals surface area contributed by atoms with Gasteiger partial charge < -0.3 is 9.64 Å². The zero-order chi connectivity index (χ0) is 18.0. The van der Waals surface area contributed by atoms with E-state index in [4.69, 9.17) is 4.74 Å². The van der Waals surface area contributed by atoms with E-state index in [9.17, 15) is 13.2 Å². The van der Waals surface area contributed by atoms with Crippen molar-refractivity contribution in [3.8, 4) is 0 Å². The molecule has 2 fully saturated rings. The Labute approximate surface area is 149 Å². The lowest BCUT2D eigenvalue weighted by molar-refractivity contribution is -0.138. The van der Waals surface area contributed by atoms with Gasteiger partial charge in [0.2, 0.25) is 15.9 Å². The van der Waals surface area contributed by atoms with Crippen molar-refractivity contribution in [3.63, 3.8) is 0 Å². The summed E-state index contributed by atoms with van der Waals surface area (Å²) >= 11 is 0. The fraction of sp³-hybridized carbons (Fsp3) is 0.611. The van der Waals surface area contributed by atoms with E-state index in [1.165, 1.54) is 4.31 Å². The minimum atomic E-state index is -3.66. The molecule has 2 aliphatic rings. The highest BCUT2D eigenvalue weighted by Gasteiger charge is 2.41. The fourth-order valence-corrected chi connectivity index (χ4v) is 5.08. The van der Waals surface area contributed by atoms with Crippen molar-refractivity contribution >= 4 is 15.9 Å². The van der Waals surface area contributed by atoms with Gasteiger partial charge in [0, 0.05) is 19.6 Å². The van der Waals surface area contributed by atoms with Crippen LogP contribution in [0.5, 0.6) is 0 Å². The molecule has 0 saturated carbocycles. The van der Waals surface area contributed by atoms with Gasteiger partial charge in [0.1, 0.15) is 6.04 Å². The number of carbonyl (C=O) groups excluding carboxylic acids is 1. The molecule has 2 heterocycles. The number of morpholine rings is 1. The summed E-state index contributed by atoms with van der Waals surface area (Å²) in [5.41, 5.74) is 1.10. The van der Waals surface area contributed by atoms with Gasteiger partial charge in [0.25, 0.3) is 0 Å². The van der Waals surface area contributed by atoms with Gasteiger partial charge in [-0.3, -0.25) is 4.79 Å². The molecule has 0 aliphatic carbocycles.